The summed E-state index contributed by atoms with van der Waals surface area (Å²) in [6, 6.07) is -0.348. The zero-order valence-electron chi connectivity index (χ0n) is 63.5. The fraction of sp³-hybridized carbons (Fsp3) is 0.900. The Bertz CT molecular complexity index is 2480. The van der Waals surface area contributed by atoms with Crippen LogP contribution in [0.3, 0.4) is 0 Å². The molecule has 0 aromatic carbocycles. The maximum atomic E-state index is 11.7. The second-order valence-electron chi connectivity index (χ2n) is 33.6. The van der Waals surface area contributed by atoms with Gasteiger partial charge in [-0.25, -0.2) is 0 Å². The molecule has 12 unspecified atom stereocenters. The monoisotopic (exact) mass is 1400 g/mol. The summed E-state index contributed by atoms with van der Waals surface area (Å²) in [6.45, 7) is 41.6. The largest absolute Gasteiger partial charge is 0.382 e. The molecule has 0 spiro atoms. The third-order valence-electron chi connectivity index (χ3n) is 21.7. The van der Waals surface area contributed by atoms with Crippen LogP contribution in [0.25, 0.3) is 0 Å². The molecule has 0 heterocycles. The fourth-order valence-electron chi connectivity index (χ4n) is 14.7. The van der Waals surface area contributed by atoms with Crippen LogP contribution in [0, 0.1) is 82.9 Å². The van der Waals surface area contributed by atoms with Crippen LogP contribution in [0.15, 0.2) is 0 Å². The number of nitrogens with two attached hydrogens (primary N) is 2. The third-order valence-corrected chi connectivity index (χ3v) is 21.7. The number of hydrogen-bond acceptors (Lipinski definition) is 18. The lowest BCUT2D eigenvalue weighted by atomic mass is 9.66. The molecule has 8 aliphatic carbocycles. The van der Waals surface area contributed by atoms with E-state index in [0.717, 1.165) is 70.6 Å². The SMILES string of the molecule is C.C.C.CC(C)C(=O)C1(O)CC(N)C1.CC(C)C(=O)C1(O)CC1C.CC(C)C(=O)C1(O)CCC1C.CC(C)C(=O)C1(O)CCCC1C.CC(C)C(=O)C1(O)CCCCC1N.CC1CCC(O)(C(=O)C(C)C)C1.CC1CCC(O)(C(=O)C(C)C)CC1.CC1CCCC(O)(C(=O)C(C)C)C1. The second kappa shape index (κ2) is 41.5. The molecule has 578 valence electrons. The van der Waals surface area contributed by atoms with Crippen LogP contribution in [0.5, 0.6) is 0 Å². The van der Waals surface area contributed by atoms with E-state index in [4.69, 9.17) is 11.5 Å². The average molecular weight is 1400 g/mol. The Morgan fingerprint density at radius 2 is 0.571 bits per heavy atom. The molecule has 0 amide bonds. The molecule has 0 radical (unpaired) electrons. The lowest BCUT2D eigenvalue weighted by molar-refractivity contribution is -0.159. The van der Waals surface area contributed by atoms with Gasteiger partial charge >= 0.3 is 0 Å². The van der Waals surface area contributed by atoms with E-state index in [1.807, 2.05) is 118 Å². The van der Waals surface area contributed by atoms with Crippen molar-refractivity contribution in [1.29, 1.82) is 0 Å². The Labute approximate surface area is 596 Å². The molecule has 0 aromatic rings. The number of carbonyl (C=O) groups excluding carboxylic acids is 8. The highest BCUT2D eigenvalue weighted by molar-refractivity contribution is 5.93. The van der Waals surface area contributed by atoms with Gasteiger partial charge in [0, 0.05) is 59.4 Å². The number of hydrogen-bond donors (Lipinski definition) is 10. The van der Waals surface area contributed by atoms with E-state index < -0.39 is 44.8 Å². The summed E-state index contributed by atoms with van der Waals surface area (Å²) >= 11 is 0. The van der Waals surface area contributed by atoms with Gasteiger partial charge in [0.15, 0.2) is 46.3 Å². The van der Waals surface area contributed by atoms with Crippen LogP contribution in [0.4, 0.5) is 0 Å². The molecule has 0 aliphatic heterocycles. The summed E-state index contributed by atoms with van der Waals surface area (Å²) in [5.41, 5.74) is 2.99. The van der Waals surface area contributed by atoms with E-state index in [-0.39, 0.29) is 146 Å². The minimum Gasteiger partial charge on any atom is -0.382 e. The summed E-state index contributed by atoms with van der Waals surface area (Å²) in [4.78, 5) is 92.2. The number of rotatable bonds is 16. The Balaban J connectivity index is -0.00000105. The molecule has 0 bridgehead atoms. The first kappa shape index (κ1) is 99.1. The van der Waals surface area contributed by atoms with Gasteiger partial charge in [-0.3, -0.25) is 38.4 Å². The van der Waals surface area contributed by atoms with Crippen LogP contribution in [-0.4, -0.2) is 144 Å². The summed E-state index contributed by atoms with van der Waals surface area (Å²) in [7, 11) is 0. The molecule has 18 heteroatoms. The van der Waals surface area contributed by atoms with Crippen LogP contribution >= 0.6 is 0 Å². The first-order valence-electron chi connectivity index (χ1n) is 36.9. The first-order valence-corrected chi connectivity index (χ1v) is 36.9. The second-order valence-corrected chi connectivity index (χ2v) is 33.6. The van der Waals surface area contributed by atoms with Crippen LogP contribution in [0.2, 0.25) is 0 Å². The molecule has 18 nitrogen and oxygen atoms in total. The molecule has 8 fully saturated rings. The molecule has 0 saturated heterocycles. The summed E-state index contributed by atoms with van der Waals surface area (Å²) in [6.07, 6.45) is 18.0. The van der Waals surface area contributed by atoms with E-state index in [1.165, 1.54) is 0 Å². The number of ketones is 8. The van der Waals surface area contributed by atoms with Gasteiger partial charge < -0.3 is 52.3 Å². The molecule has 8 saturated carbocycles. The van der Waals surface area contributed by atoms with Gasteiger partial charge in [0.25, 0.3) is 0 Å². The van der Waals surface area contributed by atoms with Gasteiger partial charge in [0.1, 0.15) is 44.8 Å². The lowest BCUT2D eigenvalue weighted by Crippen LogP contribution is -2.57. The minimum atomic E-state index is -1.24. The zero-order chi connectivity index (χ0) is 74.1. The predicted molar refractivity (Wildman–Crippen MR) is 396 cm³/mol. The van der Waals surface area contributed by atoms with Gasteiger partial charge in [-0.1, -0.05) is 187 Å². The van der Waals surface area contributed by atoms with E-state index in [2.05, 4.69) is 20.8 Å². The van der Waals surface area contributed by atoms with Crippen molar-refractivity contribution in [3.05, 3.63) is 0 Å². The third kappa shape index (κ3) is 27.2. The molecule has 98 heavy (non-hydrogen) atoms. The van der Waals surface area contributed by atoms with Crippen molar-refractivity contribution < 1.29 is 79.2 Å². The van der Waals surface area contributed by atoms with Crippen molar-refractivity contribution in [2.45, 2.75) is 379 Å². The average Bonchev–Trinajstić information content (AvgIpc) is 1.54. The maximum Gasteiger partial charge on any atom is 0.168 e. The highest BCUT2D eigenvalue weighted by atomic mass is 16.3. The molecule has 8 rings (SSSR count). The fourth-order valence-corrected chi connectivity index (χ4v) is 14.7. The standard InChI is InChI=1S/2C11H20O2.C10H19NO2.2C10H18O2.C9H16O2.C8H15NO2.C8H14O2.3CH4/c1-8(2)10(12)11(13)6-4-9(3)5-7-11;1-8(2)10(12)11(13)6-4-5-9(3)7-11;1-7(2)9(12)10(13)6-4-3-5-8(10)11;1-7(2)9(11)10(12)5-4-8(3)6-10;1-7(2)9(11)10(12)6-4-5-8(10)3;1-6(2)8(10)9(11)5-4-7(9)3;1-5(2)7(10)8(11)3-6(9)4-8;1-5(2)7(9)8(10)4-6(8)3;;;/h2*8-9,13H,4-7H2,1-3H3;7-8,13H,3-6,11H2,1-2H3;2*7-8,12H,4-6H2,1-3H3;6-7,11H,4-5H2,1-3H3;5-6,11H,3-4,9H2,1-2H3;5-6,10H,4H2,1-3H3;3*1H4. The van der Waals surface area contributed by atoms with Gasteiger partial charge in [-0.15, -0.1) is 0 Å². The Hall–Kier alpha value is -3.04. The Kier molecular flexibility index (Phi) is 41.9. The molecule has 0 aromatic heterocycles. The Morgan fingerprint density at radius 3 is 0.847 bits per heavy atom. The van der Waals surface area contributed by atoms with Crippen molar-refractivity contribution >= 4 is 46.3 Å². The zero-order valence-corrected chi connectivity index (χ0v) is 63.5. The van der Waals surface area contributed by atoms with Gasteiger partial charge in [0.05, 0.1) is 0 Å². The maximum absolute atomic E-state index is 11.7. The normalized spacial score (nSPS) is 34.9. The smallest absolute Gasteiger partial charge is 0.168 e. The number of aliphatic hydroxyl groups is 8. The summed E-state index contributed by atoms with van der Waals surface area (Å²) in [5, 5.41) is 79.2. The van der Waals surface area contributed by atoms with Crippen molar-refractivity contribution in [1.82, 2.24) is 0 Å². The van der Waals surface area contributed by atoms with Gasteiger partial charge in [-0.05, 0) is 170 Å². The van der Waals surface area contributed by atoms with Crippen molar-refractivity contribution in [3.8, 4) is 0 Å². The van der Waals surface area contributed by atoms with Crippen LogP contribution in [0.1, 0.15) is 322 Å². The molecule has 12 N–H and O–H groups in total. The minimum absolute atomic E-state index is 0. The van der Waals surface area contributed by atoms with E-state index in [9.17, 15) is 79.2 Å². The topological polar surface area (TPSA) is 350 Å². The van der Waals surface area contributed by atoms with E-state index >= 15 is 0 Å². The van der Waals surface area contributed by atoms with Gasteiger partial charge in [0.2, 0.25) is 0 Å². The number of Topliss-reactive ketones (excluding diaryl/α,β-unsaturated/α-hetero) is 8. The predicted octanol–water partition coefficient (Wildman–Crippen LogP) is 13.0. The van der Waals surface area contributed by atoms with Gasteiger partial charge in [-0.2, -0.15) is 0 Å². The molecular formula is C80H152N2O16. The summed E-state index contributed by atoms with van der Waals surface area (Å²) < 4.78 is 0. The van der Waals surface area contributed by atoms with E-state index in [0.29, 0.717) is 94.8 Å². The summed E-state index contributed by atoms with van der Waals surface area (Å²) in [5.74, 6) is 1.61. The molecule has 12 atom stereocenters. The molecular weight excluding hydrogens is 1240 g/mol. The van der Waals surface area contributed by atoms with Crippen molar-refractivity contribution in [3.63, 3.8) is 0 Å². The first-order chi connectivity index (χ1) is 43.2. The lowest BCUT2D eigenvalue weighted by Gasteiger charge is -2.43. The number of carbonyl (C=O) groups is 8. The molecule has 8 aliphatic rings. The quantitative estimate of drug-likeness (QED) is 0.0686. The van der Waals surface area contributed by atoms with Crippen molar-refractivity contribution in [2.24, 2.45) is 94.3 Å². The van der Waals surface area contributed by atoms with Crippen LogP contribution < -0.4 is 11.5 Å². The van der Waals surface area contributed by atoms with Crippen molar-refractivity contribution in [2.75, 3.05) is 0 Å². The Morgan fingerprint density at radius 1 is 0.276 bits per heavy atom. The van der Waals surface area contributed by atoms with E-state index in [1.54, 1.807) is 13.8 Å². The van der Waals surface area contributed by atoms with Crippen LogP contribution in [-0.2, 0) is 38.4 Å². The highest BCUT2D eigenvalue weighted by Gasteiger charge is 2.56. The highest BCUT2D eigenvalue weighted by Crippen LogP contribution is 2.45.